The molecule has 5 heteroatoms. The minimum absolute atomic E-state index is 0.847. The smallest absolute Gasteiger partial charge is 0.190 e. The van der Waals surface area contributed by atoms with Crippen molar-refractivity contribution in [3.8, 4) is 0 Å². The third-order valence-corrected chi connectivity index (χ3v) is 4.59. The number of rotatable bonds is 5. The molecule has 1 aromatic heterocycles. The summed E-state index contributed by atoms with van der Waals surface area (Å²) in [5, 5.41) is 6.71. The lowest BCUT2D eigenvalue weighted by molar-refractivity contribution is 0.314. The number of halogens is 1. The van der Waals surface area contributed by atoms with Gasteiger partial charge in [0.1, 0.15) is 0 Å². The fraction of sp³-hybridized carbons (Fsp3) is 0.615. The molecule has 1 fully saturated rings. The van der Waals surface area contributed by atoms with E-state index in [9.17, 15) is 0 Å². The fourth-order valence-electron chi connectivity index (χ4n) is 1.95. The molecular weight excluding hydrogens is 266 g/mol. The molecule has 2 N–H and O–H groups in total. The largest absolute Gasteiger partial charge is 0.356 e. The Morgan fingerprint density at radius 1 is 1.44 bits per heavy atom. The summed E-state index contributed by atoms with van der Waals surface area (Å²) < 4.78 is 0.859. The van der Waals surface area contributed by atoms with Crippen LogP contribution in [0.4, 0.5) is 0 Å². The van der Waals surface area contributed by atoms with Gasteiger partial charge < -0.3 is 10.6 Å². The topological polar surface area (TPSA) is 36.4 Å². The third kappa shape index (κ3) is 4.18. The molecule has 0 spiro atoms. The van der Waals surface area contributed by atoms with Gasteiger partial charge in [-0.1, -0.05) is 18.0 Å². The standard InChI is InChI=1S/C13H20ClN3S/c1-15-13(17-9-10-3-2-4-10)16-8-7-11-5-6-12(14)18-11/h5-6,10H,2-4,7-9H2,1H3,(H2,15,16,17). The predicted octanol–water partition coefficient (Wildman–Crippen LogP) is 2.91. The number of thiophene rings is 1. The van der Waals surface area contributed by atoms with Crippen molar-refractivity contribution in [3.05, 3.63) is 21.3 Å². The van der Waals surface area contributed by atoms with Crippen molar-refractivity contribution < 1.29 is 0 Å². The van der Waals surface area contributed by atoms with E-state index in [1.54, 1.807) is 11.3 Å². The SMILES string of the molecule is CN=C(NCCc1ccc(Cl)s1)NCC1CCC1. The van der Waals surface area contributed by atoms with E-state index in [2.05, 4.69) is 21.7 Å². The summed E-state index contributed by atoms with van der Waals surface area (Å²) >= 11 is 7.54. The van der Waals surface area contributed by atoms with Crippen molar-refractivity contribution in [1.82, 2.24) is 10.6 Å². The van der Waals surface area contributed by atoms with Crippen molar-refractivity contribution in [3.63, 3.8) is 0 Å². The molecule has 0 unspecified atom stereocenters. The van der Waals surface area contributed by atoms with E-state index in [1.165, 1.54) is 24.1 Å². The number of nitrogens with zero attached hydrogens (tertiary/aromatic N) is 1. The summed E-state index contributed by atoms with van der Waals surface area (Å²) in [6.07, 6.45) is 5.09. The molecule has 0 saturated heterocycles. The van der Waals surface area contributed by atoms with Gasteiger partial charge in [-0.15, -0.1) is 11.3 Å². The molecular formula is C13H20ClN3S. The van der Waals surface area contributed by atoms with Crippen LogP contribution in [0.15, 0.2) is 17.1 Å². The highest BCUT2D eigenvalue weighted by Crippen LogP contribution is 2.25. The van der Waals surface area contributed by atoms with Crippen LogP contribution in [-0.4, -0.2) is 26.1 Å². The van der Waals surface area contributed by atoms with Gasteiger partial charge in [0.2, 0.25) is 0 Å². The van der Waals surface area contributed by atoms with E-state index in [0.29, 0.717) is 0 Å². The average Bonchev–Trinajstić information content (AvgIpc) is 2.71. The first-order valence-corrected chi connectivity index (χ1v) is 7.66. The van der Waals surface area contributed by atoms with Crippen LogP contribution in [0.3, 0.4) is 0 Å². The van der Waals surface area contributed by atoms with Gasteiger partial charge in [-0.05, 0) is 37.3 Å². The van der Waals surface area contributed by atoms with Gasteiger partial charge in [-0.3, -0.25) is 4.99 Å². The van der Waals surface area contributed by atoms with E-state index in [0.717, 1.165) is 35.7 Å². The molecule has 1 saturated carbocycles. The Kier molecular flexibility index (Phi) is 5.32. The van der Waals surface area contributed by atoms with Crippen molar-refractivity contribution in [1.29, 1.82) is 0 Å². The minimum atomic E-state index is 0.847. The highest BCUT2D eigenvalue weighted by molar-refractivity contribution is 7.16. The predicted molar refractivity (Wildman–Crippen MR) is 79.7 cm³/mol. The van der Waals surface area contributed by atoms with Crippen molar-refractivity contribution >= 4 is 28.9 Å². The first-order chi connectivity index (χ1) is 8.78. The van der Waals surface area contributed by atoms with E-state index in [1.807, 2.05) is 13.1 Å². The second-order valence-electron chi connectivity index (χ2n) is 4.63. The van der Waals surface area contributed by atoms with Crippen LogP contribution in [0.1, 0.15) is 24.1 Å². The van der Waals surface area contributed by atoms with Gasteiger partial charge in [0.25, 0.3) is 0 Å². The zero-order valence-electron chi connectivity index (χ0n) is 10.7. The average molecular weight is 286 g/mol. The molecule has 0 atom stereocenters. The number of aliphatic imine (C=N–C) groups is 1. The summed E-state index contributed by atoms with van der Waals surface area (Å²) in [5.74, 6) is 1.75. The van der Waals surface area contributed by atoms with Gasteiger partial charge >= 0.3 is 0 Å². The first-order valence-electron chi connectivity index (χ1n) is 6.46. The second-order valence-corrected chi connectivity index (χ2v) is 6.43. The molecule has 0 aromatic carbocycles. The number of guanidine groups is 1. The molecule has 100 valence electrons. The van der Waals surface area contributed by atoms with Gasteiger partial charge in [-0.25, -0.2) is 0 Å². The van der Waals surface area contributed by atoms with Crippen molar-refractivity contribution in [2.45, 2.75) is 25.7 Å². The lowest BCUT2D eigenvalue weighted by Gasteiger charge is -2.26. The van der Waals surface area contributed by atoms with Gasteiger partial charge in [0, 0.05) is 25.0 Å². The van der Waals surface area contributed by atoms with Gasteiger partial charge in [-0.2, -0.15) is 0 Å². The molecule has 2 rings (SSSR count). The van der Waals surface area contributed by atoms with E-state index in [4.69, 9.17) is 11.6 Å². The Hall–Kier alpha value is -0.740. The maximum atomic E-state index is 5.90. The van der Waals surface area contributed by atoms with Crippen LogP contribution in [-0.2, 0) is 6.42 Å². The van der Waals surface area contributed by atoms with Crippen molar-refractivity contribution in [2.75, 3.05) is 20.1 Å². The molecule has 1 aliphatic carbocycles. The van der Waals surface area contributed by atoms with Crippen LogP contribution in [0, 0.1) is 5.92 Å². The lowest BCUT2D eigenvalue weighted by atomic mass is 9.85. The van der Waals surface area contributed by atoms with E-state index < -0.39 is 0 Å². The van der Waals surface area contributed by atoms with Gasteiger partial charge in [0.15, 0.2) is 5.96 Å². The van der Waals surface area contributed by atoms with Crippen LogP contribution in [0.25, 0.3) is 0 Å². The maximum Gasteiger partial charge on any atom is 0.190 e. The Morgan fingerprint density at radius 3 is 2.83 bits per heavy atom. The molecule has 1 aromatic rings. The third-order valence-electron chi connectivity index (χ3n) is 3.30. The molecule has 0 amide bonds. The first kappa shape index (κ1) is 13.7. The quantitative estimate of drug-likeness (QED) is 0.645. The zero-order valence-corrected chi connectivity index (χ0v) is 12.3. The molecule has 0 radical (unpaired) electrons. The molecule has 0 aliphatic heterocycles. The number of hydrogen-bond acceptors (Lipinski definition) is 2. The van der Waals surface area contributed by atoms with Crippen LogP contribution in [0.2, 0.25) is 4.34 Å². The van der Waals surface area contributed by atoms with Crippen LogP contribution >= 0.6 is 22.9 Å². The molecule has 18 heavy (non-hydrogen) atoms. The van der Waals surface area contributed by atoms with Crippen LogP contribution < -0.4 is 10.6 Å². The second kappa shape index (κ2) is 7.00. The summed E-state index contributed by atoms with van der Waals surface area (Å²) in [5.41, 5.74) is 0. The summed E-state index contributed by atoms with van der Waals surface area (Å²) in [7, 11) is 1.82. The summed E-state index contributed by atoms with van der Waals surface area (Å²) in [4.78, 5) is 5.53. The molecule has 1 heterocycles. The Morgan fingerprint density at radius 2 is 2.28 bits per heavy atom. The zero-order chi connectivity index (χ0) is 12.8. The lowest BCUT2D eigenvalue weighted by Crippen LogP contribution is -2.41. The highest BCUT2D eigenvalue weighted by atomic mass is 35.5. The Bertz CT molecular complexity index is 399. The Balaban J connectivity index is 1.64. The van der Waals surface area contributed by atoms with Gasteiger partial charge in [0.05, 0.1) is 4.34 Å². The summed E-state index contributed by atoms with van der Waals surface area (Å²) in [6, 6.07) is 4.03. The fourth-order valence-corrected chi connectivity index (χ4v) is 3.04. The number of nitrogens with one attached hydrogen (secondary N) is 2. The monoisotopic (exact) mass is 285 g/mol. The minimum Gasteiger partial charge on any atom is -0.356 e. The molecule has 3 nitrogen and oxygen atoms in total. The summed E-state index contributed by atoms with van der Waals surface area (Å²) in [6.45, 7) is 1.94. The van der Waals surface area contributed by atoms with E-state index >= 15 is 0 Å². The number of hydrogen-bond donors (Lipinski definition) is 2. The normalized spacial score (nSPS) is 16.4. The van der Waals surface area contributed by atoms with Crippen LogP contribution in [0.5, 0.6) is 0 Å². The maximum absolute atomic E-state index is 5.90. The van der Waals surface area contributed by atoms with E-state index in [-0.39, 0.29) is 0 Å². The molecule has 0 bridgehead atoms. The molecule has 1 aliphatic rings. The Labute approximate surface area is 118 Å². The van der Waals surface area contributed by atoms with Crippen molar-refractivity contribution in [2.24, 2.45) is 10.9 Å². The highest BCUT2D eigenvalue weighted by Gasteiger charge is 2.17.